The summed E-state index contributed by atoms with van der Waals surface area (Å²) in [6, 6.07) is 15.4. The largest absolute Gasteiger partial charge is 0.497 e. The Bertz CT molecular complexity index is 1150. The number of Topliss-reactive ketones (excluding diaryl/α,β-unsaturated/α-hetero) is 1. The minimum atomic E-state index is -0.760. The predicted octanol–water partition coefficient (Wildman–Crippen LogP) is 4.47. The Balaban J connectivity index is 1.82. The van der Waals surface area contributed by atoms with Crippen molar-refractivity contribution < 1.29 is 28.5 Å². The number of esters is 1. The van der Waals surface area contributed by atoms with Gasteiger partial charge < -0.3 is 18.9 Å². The molecule has 0 bridgehead atoms. The third-order valence-corrected chi connectivity index (χ3v) is 6.72. The van der Waals surface area contributed by atoms with E-state index in [9.17, 15) is 9.59 Å². The lowest BCUT2D eigenvalue weighted by molar-refractivity contribution is -0.147. The molecule has 2 aromatic carbocycles. The van der Waals surface area contributed by atoms with Crippen LogP contribution in [0.15, 0.2) is 64.8 Å². The number of ether oxygens (including phenoxy) is 4. The van der Waals surface area contributed by atoms with Gasteiger partial charge in [-0.3, -0.25) is 14.6 Å². The molecule has 184 valence electrons. The summed E-state index contributed by atoms with van der Waals surface area (Å²) < 4.78 is 21.7. The van der Waals surface area contributed by atoms with Crippen molar-refractivity contribution in [2.24, 2.45) is 10.9 Å². The highest BCUT2D eigenvalue weighted by atomic mass is 16.6. The molecule has 2 aliphatic rings. The molecule has 3 atom stereocenters. The molecule has 2 aromatic rings. The summed E-state index contributed by atoms with van der Waals surface area (Å²) in [7, 11) is 4.70. The van der Waals surface area contributed by atoms with Gasteiger partial charge in [0.1, 0.15) is 24.0 Å². The number of aliphatic imine (C=N–C) groups is 1. The predicted molar refractivity (Wildman–Crippen MR) is 132 cm³/mol. The summed E-state index contributed by atoms with van der Waals surface area (Å²) in [5.41, 5.74) is 3.71. The van der Waals surface area contributed by atoms with Gasteiger partial charge in [0.05, 0.1) is 20.8 Å². The van der Waals surface area contributed by atoms with Crippen LogP contribution in [0.25, 0.3) is 0 Å². The van der Waals surface area contributed by atoms with Crippen LogP contribution in [0.4, 0.5) is 0 Å². The Morgan fingerprint density at radius 2 is 1.77 bits per heavy atom. The van der Waals surface area contributed by atoms with E-state index in [4.69, 9.17) is 23.9 Å². The number of carbonyl (C=O) groups excluding carboxylic acids is 2. The SMILES string of the molecule is COCCOC(=O)C1C(C)=NC2=C(C(=O)C[C@H](c3ccccc3)C2)[C@H]1c1cc(OC)ccc1OC. The number of ketones is 1. The van der Waals surface area contributed by atoms with Crippen molar-refractivity contribution in [3.8, 4) is 11.5 Å². The average molecular weight is 478 g/mol. The van der Waals surface area contributed by atoms with Crippen LogP contribution >= 0.6 is 0 Å². The summed E-state index contributed by atoms with van der Waals surface area (Å²) in [5.74, 6) is -0.582. The van der Waals surface area contributed by atoms with Crippen molar-refractivity contribution in [2.45, 2.75) is 31.6 Å². The lowest BCUT2D eigenvalue weighted by Gasteiger charge is -2.37. The van der Waals surface area contributed by atoms with E-state index in [1.165, 1.54) is 0 Å². The zero-order valence-corrected chi connectivity index (χ0v) is 20.6. The van der Waals surface area contributed by atoms with E-state index in [1.54, 1.807) is 33.5 Å². The smallest absolute Gasteiger partial charge is 0.315 e. The molecule has 0 radical (unpaired) electrons. The van der Waals surface area contributed by atoms with Gasteiger partial charge in [-0.25, -0.2) is 0 Å². The first-order valence-corrected chi connectivity index (χ1v) is 11.7. The number of nitrogens with zero attached hydrogens (tertiary/aromatic N) is 1. The molecule has 7 heteroatoms. The second-order valence-electron chi connectivity index (χ2n) is 8.78. The molecule has 1 heterocycles. The number of hydrogen-bond acceptors (Lipinski definition) is 7. The van der Waals surface area contributed by atoms with Crippen LogP contribution in [0.5, 0.6) is 11.5 Å². The van der Waals surface area contributed by atoms with E-state index in [-0.39, 0.29) is 24.9 Å². The maximum absolute atomic E-state index is 13.7. The average Bonchev–Trinajstić information content (AvgIpc) is 2.87. The van der Waals surface area contributed by atoms with Gasteiger partial charge in [0, 0.05) is 42.0 Å². The maximum atomic E-state index is 13.7. The van der Waals surface area contributed by atoms with Crippen LogP contribution in [-0.2, 0) is 19.1 Å². The maximum Gasteiger partial charge on any atom is 0.315 e. The molecule has 1 aliphatic carbocycles. The molecule has 0 saturated carbocycles. The van der Waals surface area contributed by atoms with E-state index < -0.39 is 17.8 Å². The van der Waals surface area contributed by atoms with Crippen LogP contribution < -0.4 is 9.47 Å². The van der Waals surface area contributed by atoms with Gasteiger partial charge in [0.2, 0.25) is 0 Å². The topological polar surface area (TPSA) is 83.4 Å². The number of benzene rings is 2. The molecular formula is C28H31NO6. The third kappa shape index (κ3) is 5.00. The first-order chi connectivity index (χ1) is 17.0. The van der Waals surface area contributed by atoms with Crippen LogP contribution in [0.2, 0.25) is 0 Å². The minimum absolute atomic E-state index is 0.0130. The highest BCUT2D eigenvalue weighted by Gasteiger charge is 2.45. The molecule has 35 heavy (non-hydrogen) atoms. The summed E-state index contributed by atoms with van der Waals surface area (Å²) in [5, 5.41) is 0. The zero-order valence-electron chi connectivity index (χ0n) is 20.6. The van der Waals surface area contributed by atoms with E-state index in [1.807, 2.05) is 43.3 Å². The number of rotatable bonds is 8. The van der Waals surface area contributed by atoms with Gasteiger partial charge in [-0.15, -0.1) is 0 Å². The normalized spacial score (nSPS) is 21.8. The van der Waals surface area contributed by atoms with Crippen LogP contribution in [0.3, 0.4) is 0 Å². The molecule has 0 N–H and O–H groups in total. The van der Waals surface area contributed by atoms with Gasteiger partial charge >= 0.3 is 5.97 Å². The fourth-order valence-corrected chi connectivity index (χ4v) is 5.06. The Morgan fingerprint density at radius 1 is 1.00 bits per heavy atom. The first kappa shape index (κ1) is 24.7. The Labute approximate surface area is 205 Å². The molecule has 0 aromatic heterocycles. The number of allylic oxidation sites excluding steroid dienone is 2. The molecule has 0 fully saturated rings. The van der Waals surface area contributed by atoms with Crippen molar-refractivity contribution in [3.05, 3.63) is 70.9 Å². The van der Waals surface area contributed by atoms with E-state index >= 15 is 0 Å². The summed E-state index contributed by atoms with van der Waals surface area (Å²) in [6.07, 6.45) is 0.974. The second kappa shape index (κ2) is 10.9. The van der Waals surface area contributed by atoms with E-state index in [0.717, 1.165) is 11.3 Å². The van der Waals surface area contributed by atoms with Crippen LogP contribution in [0, 0.1) is 5.92 Å². The fraction of sp³-hybridized carbons (Fsp3) is 0.393. The van der Waals surface area contributed by atoms with E-state index in [2.05, 4.69) is 0 Å². The molecule has 1 unspecified atom stereocenters. The molecular weight excluding hydrogens is 446 g/mol. The van der Waals surface area contributed by atoms with Gasteiger partial charge in [-0.2, -0.15) is 0 Å². The molecule has 4 rings (SSSR count). The molecule has 0 spiro atoms. The molecule has 0 amide bonds. The molecule has 1 aliphatic heterocycles. The van der Waals surface area contributed by atoms with Crippen LogP contribution in [0.1, 0.15) is 42.7 Å². The lowest BCUT2D eigenvalue weighted by Crippen LogP contribution is -2.38. The van der Waals surface area contributed by atoms with Gasteiger partial charge in [-0.05, 0) is 43.0 Å². The molecule has 0 saturated heterocycles. The third-order valence-electron chi connectivity index (χ3n) is 6.72. The Hall–Kier alpha value is -3.45. The van der Waals surface area contributed by atoms with Crippen molar-refractivity contribution in [1.82, 2.24) is 0 Å². The van der Waals surface area contributed by atoms with Gasteiger partial charge in [0.15, 0.2) is 5.78 Å². The van der Waals surface area contributed by atoms with Crippen molar-refractivity contribution in [2.75, 3.05) is 34.5 Å². The fourth-order valence-electron chi connectivity index (χ4n) is 5.06. The van der Waals surface area contributed by atoms with Crippen molar-refractivity contribution in [1.29, 1.82) is 0 Å². The lowest BCUT2D eigenvalue weighted by atomic mass is 9.69. The molecule has 7 nitrogen and oxygen atoms in total. The van der Waals surface area contributed by atoms with Crippen LogP contribution in [-0.4, -0.2) is 52.0 Å². The van der Waals surface area contributed by atoms with Gasteiger partial charge in [-0.1, -0.05) is 30.3 Å². The first-order valence-electron chi connectivity index (χ1n) is 11.7. The Kier molecular flexibility index (Phi) is 7.66. The number of carbonyl (C=O) groups is 2. The minimum Gasteiger partial charge on any atom is -0.497 e. The van der Waals surface area contributed by atoms with E-state index in [0.29, 0.717) is 41.2 Å². The standard InChI is InChI=1S/C28H31NO6/c1-17-25(28(31)35-13-12-32-2)26(21-16-20(33-3)10-11-24(21)34-4)27-22(29-17)14-19(15-23(27)30)18-8-6-5-7-9-18/h5-11,16,19,25-26H,12-15H2,1-4H3/t19-,25?,26+/m1/s1. The van der Waals surface area contributed by atoms with Crippen molar-refractivity contribution in [3.63, 3.8) is 0 Å². The van der Waals surface area contributed by atoms with Crippen molar-refractivity contribution >= 4 is 17.5 Å². The zero-order chi connectivity index (χ0) is 24.9. The summed E-state index contributed by atoms with van der Waals surface area (Å²) in [6.45, 7) is 2.23. The summed E-state index contributed by atoms with van der Waals surface area (Å²) >= 11 is 0. The Morgan fingerprint density at radius 3 is 2.46 bits per heavy atom. The number of methoxy groups -OCH3 is 3. The quantitative estimate of drug-likeness (QED) is 0.412. The summed E-state index contributed by atoms with van der Waals surface area (Å²) in [4.78, 5) is 31.8. The van der Waals surface area contributed by atoms with Gasteiger partial charge in [0.25, 0.3) is 0 Å². The highest BCUT2D eigenvalue weighted by molar-refractivity contribution is 6.09. The second-order valence-corrected chi connectivity index (χ2v) is 8.78. The highest BCUT2D eigenvalue weighted by Crippen LogP contribution is 2.49. The number of hydrogen-bond donors (Lipinski definition) is 0. The monoisotopic (exact) mass is 477 g/mol.